The first kappa shape index (κ1) is 19.5. The Labute approximate surface area is 159 Å². The minimum atomic E-state index is -3.10. The summed E-state index contributed by atoms with van der Waals surface area (Å²) in [6.45, 7) is 4.40. The fraction of sp³-hybridized carbons (Fsp3) is 0.526. The number of sulfone groups is 1. The van der Waals surface area contributed by atoms with Gasteiger partial charge in [0.15, 0.2) is 9.84 Å². The first-order valence-electron chi connectivity index (χ1n) is 9.08. The number of carbonyl (C=O) groups excluding carboxylic acids is 3. The molecule has 1 aromatic carbocycles. The fourth-order valence-corrected chi connectivity index (χ4v) is 5.24. The van der Waals surface area contributed by atoms with Gasteiger partial charge in [0.25, 0.3) is 17.7 Å². The van der Waals surface area contributed by atoms with Crippen molar-refractivity contribution in [1.82, 2.24) is 9.80 Å². The van der Waals surface area contributed by atoms with Gasteiger partial charge in [0.05, 0.1) is 22.6 Å². The lowest BCUT2D eigenvalue weighted by molar-refractivity contribution is 0.0647. The molecule has 0 bridgehead atoms. The van der Waals surface area contributed by atoms with Crippen LogP contribution in [0.15, 0.2) is 18.2 Å². The van der Waals surface area contributed by atoms with Crippen molar-refractivity contribution in [3.05, 3.63) is 34.9 Å². The van der Waals surface area contributed by atoms with Crippen LogP contribution < -0.4 is 0 Å². The Morgan fingerprint density at radius 1 is 1.22 bits per heavy atom. The van der Waals surface area contributed by atoms with E-state index in [1.807, 2.05) is 13.8 Å². The predicted octanol–water partition coefficient (Wildman–Crippen LogP) is 1.59. The summed E-state index contributed by atoms with van der Waals surface area (Å²) in [4.78, 5) is 40.5. The Bertz CT molecular complexity index is 907. The van der Waals surface area contributed by atoms with Crippen LogP contribution in [0.25, 0.3) is 0 Å². The van der Waals surface area contributed by atoms with Crippen LogP contribution in [-0.4, -0.2) is 67.1 Å². The monoisotopic (exact) mass is 392 g/mol. The van der Waals surface area contributed by atoms with Crippen LogP contribution in [0.4, 0.5) is 0 Å². The standard InChI is InChI=1S/C19H24N2O5S/c1-12(2)6-8-21-18(23)15-5-4-13(10-16(15)19(21)24)17(22)20(3)14-7-9-27(25,26)11-14/h4-5,10,12,14H,6-9,11H2,1-3H3/t14-/m0/s1. The van der Waals surface area contributed by atoms with Crippen LogP contribution >= 0.6 is 0 Å². The molecule has 7 nitrogen and oxygen atoms in total. The van der Waals surface area contributed by atoms with Gasteiger partial charge < -0.3 is 4.90 Å². The van der Waals surface area contributed by atoms with E-state index < -0.39 is 9.84 Å². The van der Waals surface area contributed by atoms with Crippen LogP contribution in [0.3, 0.4) is 0 Å². The lowest BCUT2D eigenvalue weighted by Gasteiger charge is -2.23. The van der Waals surface area contributed by atoms with E-state index in [4.69, 9.17) is 0 Å². The largest absolute Gasteiger partial charge is 0.338 e. The number of imide groups is 1. The highest BCUT2D eigenvalue weighted by Crippen LogP contribution is 2.26. The van der Waals surface area contributed by atoms with Crippen molar-refractivity contribution in [3.63, 3.8) is 0 Å². The molecule has 1 atom stereocenters. The molecule has 27 heavy (non-hydrogen) atoms. The molecule has 0 aliphatic carbocycles. The van der Waals surface area contributed by atoms with Gasteiger partial charge in [0.2, 0.25) is 0 Å². The Balaban J connectivity index is 1.80. The van der Waals surface area contributed by atoms with Gasteiger partial charge in [-0.05, 0) is 37.0 Å². The maximum Gasteiger partial charge on any atom is 0.261 e. The van der Waals surface area contributed by atoms with Crippen molar-refractivity contribution in [2.75, 3.05) is 25.1 Å². The second kappa shape index (κ2) is 7.07. The number of hydrogen-bond acceptors (Lipinski definition) is 5. The van der Waals surface area contributed by atoms with Crippen LogP contribution in [0, 0.1) is 5.92 Å². The molecule has 0 unspecified atom stereocenters. The quantitative estimate of drug-likeness (QED) is 0.710. The van der Waals surface area contributed by atoms with E-state index >= 15 is 0 Å². The second-order valence-electron chi connectivity index (χ2n) is 7.68. The van der Waals surface area contributed by atoms with Gasteiger partial charge in [-0.1, -0.05) is 13.8 Å². The second-order valence-corrected chi connectivity index (χ2v) is 9.91. The molecule has 2 aliphatic rings. The summed E-state index contributed by atoms with van der Waals surface area (Å²) >= 11 is 0. The number of carbonyl (C=O) groups is 3. The van der Waals surface area contributed by atoms with Crippen LogP contribution in [0.1, 0.15) is 57.8 Å². The molecule has 3 amide bonds. The first-order valence-corrected chi connectivity index (χ1v) is 10.9. The maximum absolute atomic E-state index is 12.7. The molecule has 3 rings (SSSR count). The molecule has 8 heteroatoms. The molecule has 0 saturated carbocycles. The Hall–Kier alpha value is -2.22. The highest BCUT2D eigenvalue weighted by Gasteiger charge is 2.37. The predicted molar refractivity (Wildman–Crippen MR) is 100 cm³/mol. The average molecular weight is 392 g/mol. The van der Waals surface area contributed by atoms with E-state index in [1.165, 1.54) is 28.0 Å². The lowest BCUT2D eigenvalue weighted by atomic mass is 10.0. The number of nitrogens with zero attached hydrogens (tertiary/aromatic N) is 2. The van der Waals surface area contributed by atoms with Crippen LogP contribution in [0.5, 0.6) is 0 Å². The smallest absolute Gasteiger partial charge is 0.261 e. The minimum Gasteiger partial charge on any atom is -0.338 e. The molecular weight excluding hydrogens is 368 g/mol. The zero-order chi connectivity index (χ0) is 19.9. The molecule has 0 spiro atoms. The molecule has 2 aliphatic heterocycles. The lowest BCUT2D eigenvalue weighted by Crippen LogP contribution is -2.37. The number of benzene rings is 1. The van der Waals surface area contributed by atoms with E-state index in [9.17, 15) is 22.8 Å². The average Bonchev–Trinajstić information content (AvgIpc) is 3.09. The molecule has 1 saturated heterocycles. The van der Waals surface area contributed by atoms with Crippen molar-refractivity contribution in [1.29, 1.82) is 0 Å². The summed E-state index contributed by atoms with van der Waals surface area (Å²) < 4.78 is 23.3. The van der Waals surface area contributed by atoms with E-state index in [0.29, 0.717) is 24.4 Å². The summed E-state index contributed by atoms with van der Waals surface area (Å²) in [6.07, 6.45) is 1.13. The van der Waals surface area contributed by atoms with Gasteiger partial charge >= 0.3 is 0 Å². The summed E-state index contributed by atoms with van der Waals surface area (Å²) in [6, 6.07) is 4.12. The summed E-state index contributed by atoms with van der Waals surface area (Å²) in [7, 11) is -1.53. The molecular formula is C19H24N2O5S. The highest BCUT2D eigenvalue weighted by molar-refractivity contribution is 7.91. The van der Waals surface area contributed by atoms with E-state index in [2.05, 4.69) is 0 Å². The zero-order valence-corrected chi connectivity index (χ0v) is 16.6. The van der Waals surface area contributed by atoms with Gasteiger partial charge in [-0.25, -0.2) is 8.42 Å². The number of fused-ring (bicyclic) bond motifs is 1. The molecule has 0 N–H and O–H groups in total. The van der Waals surface area contributed by atoms with E-state index in [-0.39, 0.29) is 46.4 Å². The number of hydrogen-bond donors (Lipinski definition) is 0. The third-order valence-corrected chi connectivity index (χ3v) is 6.97. The molecule has 1 aromatic rings. The van der Waals surface area contributed by atoms with Crippen molar-refractivity contribution in [2.45, 2.75) is 32.7 Å². The highest BCUT2D eigenvalue weighted by atomic mass is 32.2. The van der Waals surface area contributed by atoms with Crippen LogP contribution in [-0.2, 0) is 9.84 Å². The van der Waals surface area contributed by atoms with Gasteiger partial charge in [-0.2, -0.15) is 0 Å². The zero-order valence-electron chi connectivity index (χ0n) is 15.8. The van der Waals surface area contributed by atoms with Gasteiger partial charge in [0, 0.05) is 25.2 Å². The Kier molecular flexibility index (Phi) is 5.12. The van der Waals surface area contributed by atoms with Crippen molar-refractivity contribution < 1.29 is 22.8 Å². The van der Waals surface area contributed by atoms with Crippen molar-refractivity contribution in [3.8, 4) is 0 Å². The van der Waals surface area contributed by atoms with E-state index in [1.54, 1.807) is 7.05 Å². The molecule has 1 fully saturated rings. The topological polar surface area (TPSA) is 91.8 Å². The normalized spacial score (nSPS) is 21.0. The SMILES string of the molecule is CC(C)CCN1C(=O)c2ccc(C(=O)N(C)[C@H]3CCS(=O)(=O)C3)cc2C1=O. The Morgan fingerprint density at radius 2 is 1.89 bits per heavy atom. The third-order valence-electron chi connectivity index (χ3n) is 5.22. The van der Waals surface area contributed by atoms with Crippen LogP contribution in [0.2, 0.25) is 0 Å². The first-order chi connectivity index (χ1) is 12.6. The molecule has 0 aromatic heterocycles. The van der Waals surface area contributed by atoms with Gasteiger partial charge in [-0.3, -0.25) is 19.3 Å². The summed E-state index contributed by atoms with van der Waals surface area (Å²) in [5.74, 6) is -0.650. The maximum atomic E-state index is 12.7. The molecule has 0 radical (unpaired) electrons. The van der Waals surface area contributed by atoms with E-state index in [0.717, 1.165) is 6.42 Å². The Morgan fingerprint density at radius 3 is 2.48 bits per heavy atom. The molecule has 146 valence electrons. The molecule has 2 heterocycles. The third kappa shape index (κ3) is 3.76. The van der Waals surface area contributed by atoms with Crippen molar-refractivity contribution in [2.24, 2.45) is 5.92 Å². The summed E-state index contributed by atoms with van der Waals surface area (Å²) in [5.41, 5.74) is 0.834. The minimum absolute atomic E-state index is 0.0411. The van der Waals surface area contributed by atoms with Gasteiger partial charge in [0.1, 0.15) is 0 Å². The fourth-order valence-electron chi connectivity index (χ4n) is 3.46. The number of amides is 3. The van der Waals surface area contributed by atoms with Crippen molar-refractivity contribution >= 4 is 27.6 Å². The number of rotatable bonds is 5. The summed E-state index contributed by atoms with van der Waals surface area (Å²) in [5, 5.41) is 0. The van der Waals surface area contributed by atoms with Gasteiger partial charge in [-0.15, -0.1) is 0 Å².